The second-order valence-electron chi connectivity index (χ2n) is 5.93. The number of halogens is 1. The molecule has 1 heterocycles. The molecule has 0 saturated carbocycles. The molecular formula is C20H20ClN3O. The lowest BCUT2D eigenvalue weighted by Crippen LogP contribution is -2.13. The van der Waals surface area contributed by atoms with Crippen molar-refractivity contribution in [1.82, 2.24) is 9.78 Å². The number of amides is 1. The third kappa shape index (κ3) is 3.91. The van der Waals surface area contributed by atoms with Gasteiger partial charge in [0.05, 0.1) is 18.3 Å². The maximum Gasteiger partial charge on any atom is 0.258 e. The van der Waals surface area contributed by atoms with Gasteiger partial charge < -0.3 is 5.32 Å². The molecule has 0 radical (unpaired) electrons. The van der Waals surface area contributed by atoms with Gasteiger partial charge in [0.15, 0.2) is 0 Å². The molecule has 0 atom stereocenters. The number of carbonyl (C=O) groups is 1. The Morgan fingerprint density at radius 2 is 1.92 bits per heavy atom. The lowest BCUT2D eigenvalue weighted by molar-refractivity contribution is 0.102. The highest BCUT2D eigenvalue weighted by Crippen LogP contribution is 2.22. The van der Waals surface area contributed by atoms with Crippen molar-refractivity contribution in [2.75, 3.05) is 5.32 Å². The van der Waals surface area contributed by atoms with E-state index in [1.54, 1.807) is 17.1 Å². The van der Waals surface area contributed by atoms with Gasteiger partial charge in [0, 0.05) is 16.9 Å². The molecule has 0 fully saturated rings. The second-order valence-corrected chi connectivity index (χ2v) is 6.34. The molecule has 1 amide bonds. The minimum absolute atomic E-state index is 0.158. The molecule has 0 unspecified atom stereocenters. The van der Waals surface area contributed by atoms with Gasteiger partial charge in [-0.05, 0) is 36.1 Å². The van der Waals surface area contributed by atoms with Crippen molar-refractivity contribution in [2.24, 2.45) is 0 Å². The molecule has 5 heteroatoms. The number of anilines is 1. The lowest BCUT2D eigenvalue weighted by Gasteiger charge is -2.12. The molecular weight excluding hydrogens is 334 g/mol. The van der Waals surface area contributed by atoms with E-state index in [1.165, 1.54) is 0 Å². The average molecular weight is 354 g/mol. The summed E-state index contributed by atoms with van der Waals surface area (Å²) in [4.78, 5) is 12.6. The molecule has 0 aliphatic rings. The Balaban J connectivity index is 1.77. The minimum atomic E-state index is -0.158. The number of para-hydroxylation sites is 1. The standard InChI is InChI=1S/C20H20ClN3O/c1-3-15-9-6-7-14(2)19(15)23-20(25)17-11-22-24(13-17)12-16-8-4-5-10-18(16)21/h4-11,13H,3,12H2,1-2H3,(H,23,25). The zero-order valence-electron chi connectivity index (χ0n) is 14.3. The molecule has 1 aromatic heterocycles. The normalized spacial score (nSPS) is 10.7. The van der Waals surface area contributed by atoms with Crippen LogP contribution in [0.1, 0.15) is 34.0 Å². The topological polar surface area (TPSA) is 46.9 Å². The maximum absolute atomic E-state index is 12.6. The van der Waals surface area contributed by atoms with Crippen LogP contribution in [-0.4, -0.2) is 15.7 Å². The van der Waals surface area contributed by atoms with Crippen LogP contribution in [0, 0.1) is 6.92 Å². The van der Waals surface area contributed by atoms with Crippen molar-refractivity contribution < 1.29 is 4.79 Å². The monoisotopic (exact) mass is 353 g/mol. The van der Waals surface area contributed by atoms with Gasteiger partial charge in [-0.15, -0.1) is 0 Å². The molecule has 3 aromatic rings. The molecule has 4 nitrogen and oxygen atoms in total. The zero-order chi connectivity index (χ0) is 17.8. The SMILES string of the molecule is CCc1cccc(C)c1NC(=O)c1cnn(Cc2ccccc2Cl)c1. The highest BCUT2D eigenvalue weighted by atomic mass is 35.5. The van der Waals surface area contributed by atoms with E-state index in [1.807, 2.05) is 49.4 Å². The molecule has 0 aliphatic carbocycles. The molecule has 0 saturated heterocycles. The number of carbonyl (C=O) groups excluding carboxylic acids is 1. The van der Waals surface area contributed by atoms with Gasteiger partial charge in [0.25, 0.3) is 5.91 Å². The number of nitrogens with zero attached hydrogens (tertiary/aromatic N) is 2. The fraction of sp³-hybridized carbons (Fsp3) is 0.200. The molecule has 128 valence electrons. The molecule has 25 heavy (non-hydrogen) atoms. The van der Waals surface area contributed by atoms with Gasteiger partial charge in [-0.2, -0.15) is 5.10 Å². The van der Waals surface area contributed by atoms with Crippen molar-refractivity contribution in [3.8, 4) is 0 Å². The Morgan fingerprint density at radius 1 is 1.16 bits per heavy atom. The van der Waals surface area contributed by atoms with Crippen LogP contribution in [0.25, 0.3) is 0 Å². The number of nitrogens with one attached hydrogen (secondary N) is 1. The Kier molecular flexibility index (Phi) is 5.19. The van der Waals surface area contributed by atoms with E-state index < -0.39 is 0 Å². The van der Waals surface area contributed by atoms with Crippen LogP contribution in [0.5, 0.6) is 0 Å². The predicted octanol–water partition coefficient (Wildman–Crippen LogP) is 4.71. The number of benzene rings is 2. The van der Waals surface area contributed by atoms with E-state index in [0.29, 0.717) is 17.1 Å². The van der Waals surface area contributed by atoms with Crippen LogP contribution in [0.15, 0.2) is 54.9 Å². The van der Waals surface area contributed by atoms with E-state index in [4.69, 9.17) is 11.6 Å². The molecule has 2 aromatic carbocycles. The van der Waals surface area contributed by atoms with Crippen LogP contribution < -0.4 is 5.32 Å². The Labute approximate surface area is 152 Å². The first kappa shape index (κ1) is 17.2. The number of hydrogen-bond acceptors (Lipinski definition) is 2. The van der Waals surface area contributed by atoms with Crippen LogP contribution in [0.2, 0.25) is 5.02 Å². The summed E-state index contributed by atoms with van der Waals surface area (Å²) in [7, 11) is 0. The van der Waals surface area contributed by atoms with Gasteiger partial charge in [0.2, 0.25) is 0 Å². The fourth-order valence-electron chi connectivity index (χ4n) is 2.76. The summed E-state index contributed by atoms with van der Waals surface area (Å²) in [5.74, 6) is -0.158. The van der Waals surface area contributed by atoms with Crippen molar-refractivity contribution in [2.45, 2.75) is 26.8 Å². The van der Waals surface area contributed by atoms with Crippen molar-refractivity contribution in [1.29, 1.82) is 0 Å². The number of aromatic nitrogens is 2. The highest BCUT2D eigenvalue weighted by molar-refractivity contribution is 6.31. The van der Waals surface area contributed by atoms with Gasteiger partial charge in [-0.25, -0.2) is 0 Å². The third-order valence-corrected chi connectivity index (χ3v) is 4.53. The smallest absolute Gasteiger partial charge is 0.258 e. The lowest BCUT2D eigenvalue weighted by atomic mass is 10.1. The van der Waals surface area contributed by atoms with E-state index >= 15 is 0 Å². The van der Waals surface area contributed by atoms with Crippen molar-refractivity contribution in [3.05, 3.63) is 82.1 Å². The molecule has 1 N–H and O–H groups in total. The average Bonchev–Trinajstić information content (AvgIpc) is 3.07. The van der Waals surface area contributed by atoms with E-state index in [9.17, 15) is 4.79 Å². The summed E-state index contributed by atoms with van der Waals surface area (Å²) in [5.41, 5.74) is 4.55. The fourth-order valence-corrected chi connectivity index (χ4v) is 2.95. The summed E-state index contributed by atoms with van der Waals surface area (Å²) in [6, 6.07) is 13.7. The third-order valence-electron chi connectivity index (χ3n) is 4.16. The Hall–Kier alpha value is -2.59. The first-order valence-corrected chi connectivity index (χ1v) is 8.62. The van der Waals surface area contributed by atoms with Crippen molar-refractivity contribution in [3.63, 3.8) is 0 Å². The zero-order valence-corrected chi connectivity index (χ0v) is 15.0. The largest absolute Gasteiger partial charge is 0.321 e. The predicted molar refractivity (Wildman–Crippen MR) is 101 cm³/mol. The Morgan fingerprint density at radius 3 is 2.68 bits per heavy atom. The minimum Gasteiger partial charge on any atom is -0.321 e. The van der Waals surface area contributed by atoms with Crippen molar-refractivity contribution >= 4 is 23.2 Å². The summed E-state index contributed by atoms with van der Waals surface area (Å²) in [6.45, 7) is 4.60. The van der Waals surface area contributed by atoms with Crippen LogP contribution in [-0.2, 0) is 13.0 Å². The first-order chi connectivity index (χ1) is 12.1. The number of aryl methyl sites for hydroxylation is 2. The molecule has 3 rings (SSSR count). The van der Waals surface area contributed by atoms with E-state index in [0.717, 1.165) is 28.8 Å². The number of rotatable bonds is 5. The van der Waals surface area contributed by atoms with Gasteiger partial charge >= 0.3 is 0 Å². The first-order valence-electron chi connectivity index (χ1n) is 8.24. The van der Waals surface area contributed by atoms with Gasteiger partial charge in [-0.1, -0.05) is 54.9 Å². The summed E-state index contributed by atoms with van der Waals surface area (Å²) in [6.07, 6.45) is 4.18. The Bertz CT molecular complexity index is 901. The van der Waals surface area contributed by atoms with Crippen LogP contribution in [0.3, 0.4) is 0 Å². The van der Waals surface area contributed by atoms with Gasteiger partial charge in [-0.3, -0.25) is 9.48 Å². The van der Waals surface area contributed by atoms with Crippen LogP contribution in [0.4, 0.5) is 5.69 Å². The highest BCUT2D eigenvalue weighted by Gasteiger charge is 2.13. The molecule has 0 spiro atoms. The quantitative estimate of drug-likeness (QED) is 0.722. The summed E-state index contributed by atoms with van der Waals surface area (Å²) >= 11 is 6.18. The van der Waals surface area contributed by atoms with Crippen LogP contribution >= 0.6 is 11.6 Å². The maximum atomic E-state index is 12.6. The summed E-state index contributed by atoms with van der Waals surface area (Å²) < 4.78 is 1.72. The number of hydrogen-bond donors (Lipinski definition) is 1. The molecule has 0 aliphatic heterocycles. The second kappa shape index (κ2) is 7.53. The summed E-state index contributed by atoms with van der Waals surface area (Å²) in [5, 5.41) is 7.98. The van der Waals surface area contributed by atoms with Gasteiger partial charge in [0.1, 0.15) is 0 Å². The molecule has 0 bridgehead atoms. The van der Waals surface area contributed by atoms with E-state index in [-0.39, 0.29) is 5.91 Å². The van der Waals surface area contributed by atoms with E-state index in [2.05, 4.69) is 17.3 Å².